The summed E-state index contributed by atoms with van der Waals surface area (Å²) in [6, 6.07) is 18.0. The number of aryl methyl sites for hydroxylation is 2. The molecule has 0 unspecified atom stereocenters. The molecule has 0 spiro atoms. The van der Waals surface area contributed by atoms with Crippen molar-refractivity contribution in [1.82, 2.24) is 4.90 Å². The van der Waals surface area contributed by atoms with Crippen LogP contribution in [0.3, 0.4) is 0 Å². The van der Waals surface area contributed by atoms with Gasteiger partial charge in [-0.3, -0.25) is 4.90 Å². The maximum absolute atomic E-state index is 5.87. The zero-order chi connectivity index (χ0) is 18.4. The lowest BCUT2D eigenvalue weighted by Crippen LogP contribution is -2.32. The predicted octanol–water partition coefficient (Wildman–Crippen LogP) is 5.07. The highest BCUT2D eigenvalue weighted by molar-refractivity contribution is 5.23. The molecular formula is C24H34N2. The lowest BCUT2D eigenvalue weighted by molar-refractivity contribution is 0.170. The van der Waals surface area contributed by atoms with Crippen LogP contribution in [0.25, 0.3) is 0 Å². The minimum absolute atomic E-state index is 0.758. The molecule has 2 N–H and O–H groups in total. The lowest BCUT2D eigenvalue weighted by atomic mass is 9.82. The number of nitrogens with zero attached hydrogens (tertiary/aromatic N) is 1. The van der Waals surface area contributed by atoms with E-state index in [4.69, 9.17) is 5.73 Å². The molecule has 1 saturated carbocycles. The molecule has 0 aliphatic heterocycles. The van der Waals surface area contributed by atoms with E-state index in [2.05, 4.69) is 67.3 Å². The molecule has 2 nitrogen and oxygen atoms in total. The molecule has 1 aliphatic carbocycles. The third kappa shape index (κ3) is 5.69. The molecule has 0 atom stereocenters. The van der Waals surface area contributed by atoms with Gasteiger partial charge in [-0.1, -0.05) is 59.7 Å². The van der Waals surface area contributed by atoms with Crippen LogP contribution in [-0.2, 0) is 13.1 Å². The van der Waals surface area contributed by atoms with Crippen LogP contribution in [-0.4, -0.2) is 18.0 Å². The average molecular weight is 351 g/mol. The summed E-state index contributed by atoms with van der Waals surface area (Å²) in [4.78, 5) is 2.64. The molecule has 0 bridgehead atoms. The SMILES string of the molecule is Cc1ccc(CN(Cc2ccc(C)cc2)CC2CCC(CN)CC2)cc1. The van der Waals surface area contributed by atoms with Crippen molar-refractivity contribution in [2.75, 3.05) is 13.1 Å². The smallest absolute Gasteiger partial charge is 0.0237 e. The van der Waals surface area contributed by atoms with E-state index in [9.17, 15) is 0 Å². The third-order valence-electron chi connectivity index (χ3n) is 5.87. The standard InChI is InChI=1S/C24H34N2/c1-19-3-7-22(8-4-19)16-26(17-23-9-5-20(2)6-10-23)18-24-13-11-21(15-25)12-14-24/h3-10,21,24H,11-18,25H2,1-2H3. The van der Waals surface area contributed by atoms with E-state index in [0.717, 1.165) is 31.5 Å². The fourth-order valence-electron chi connectivity index (χ4n) is 4.10. The quantitative estimate of drug-likeness (QED) is 0.755. The Kier molecular flexibility index (Phi) is 6.87. The van der Waals surface area contributed by atoms with Gasteiger partial charge in [0, 0.05) is 19.6 Å². The second kappa shape index (κ2) is 9.34. The van der Waals surface area contributed by atoms with Crippen LogP contribution in [0.15, 0.2) is 48.5 Å². The van der Waals surface area contributed by atoms with Gasteiger partial charge in [0.25, 0.3) is 0 Å². The van der Waals surface area contributed by atoms with Crippen molar-refractivity contribution in [3.05, 3.63) is 70.8 Å². The Hall–Kier alpha value is -1.64. The zero-order valence-corrected chi connectivity index (χ0v) is 16.5. The minimum atomic E-state index is 0.758. The molecule has 0 saturated heterocycles. The monoisotopic (exact) mass is 350 g/mol. The summed E-state index contributed by atoms with van der Waals surface area (Å²) in [6.45, 7) is 8.44. The van der Waals surface area contributed by atoms with Crippen molar-refractivity contribution in [2.24, 2.45) is 17.6 Å². The van der Waals surface area contributed by atoms with Crippen LogP contribution in [0, 0.1) is 25.7 Å². The van der Waals surface area contributed by atoms with Gasteiger partial charge in [0.1, 0.15) is 0 Å². The van der Waals surface area contributed by atoms with Crippen LogP contribution >= 0.6 is 0 Å². The van der Waals surface area contributed by atoms with E-state index in [0.29, 0.717) is 0 Å². The van der Waals surface area contributed by atoms with Crippen LogP contribution in [0.4, 0.5) is 0 Å². The zero-order valence-electron chi connectivity index (χ0n) is 16.5. The fourth-order valence-corrected chi connectivity index (χ4v) is 4.10. The molecule has 1 aliphatic rings. The van der Waals surface area contributed by atoms with Gasteiger partial charge in [-0.2, -0.15) is 0 Å². The summed E-state index contributed by atoms with van der Waals surface area (Å²) in [7, 11) is 0. The summed E-state index contributed by atoms with van der Waals surface area (Å²) in [5, 5.41) is 0. The largest absolute Gasteiger partial charge is 0.330 e. The Bertz CT molecular complexity index is 604. The highest BCUT2D eigenvalue weighted by atomic mass is 15.1. The van der Waals surface area contributed by atoms with Crippen molar-refractivity contribution in [1.29, 1.82) is 0 Å². The molecule has 140 valence electrons. The summed E-state index contributed by atoms with van der Waals surface area (Å²) >= 11 is 0. The summed E-state index contributed by atoms with van der Waals surface area (Å²) in [5.74, 6) is 1.57. The number of benzene rings is 2. The van der Waals surface area contributed by atoms with Crippen LogP contribution in [0.5, 0.6) is 0 Å². The van der Waals surface area contributed by atoms with Crippen LogP contribution in [0.1, 0.15) is 47.9 Å². The topological polar surface area (TPSA) is 29.3 Å². The first-order valence-corrected chi connectivity index (χ1v) is 10.2. The van der Waals surface area contributed by atoms with Gasteiger partial charge < -0.3 is 5.73 Å². The second-order valence-corrected chi connectivity index (χ2v) is 8.26. The van der Waals surface area contributed by atoms with Crippen molar-refractivity contribution in [3.8, 4) is 0 Å². The molecule has 1 fully saturated rings. The maximum Gasteiger partial charge on any atom is 0.0237 e. The van der Waals surface area contributed by atoms with Gasteiger partial charge in [-0.25, -0.2) is 0 Å². The van der Waals surface area contributed by atoms with Gasteiger partial charge in [-0.15, -0.1) is 0 Å². The molecule has 0 amide bonds. The Balaban J connectivity index is 1.66. The first-order valence-electron chi connectivity index (χ1n) is 10.2. The van der Waals surface area contributed by atoms with Gasteiger partial charge in [0.2, 0.25) is 0 Å². The predicted molar refractivity (Wildman–Crippen MR) is 111 cm³/mol. The minimum Gasteiger partial charge on any atom is -0.330 e. The number of nitrogens with two attached hydrogens (primary N) is 1. The van der Waals surface area contributed by atoms with E-state index in [1.807, 2.05) is 0 Å². The van der Waals surface area contributed by atoms with E-state index < -0.39 is 0 Å². The summed E-state index contributed by atoms with van der Waals surface area (Å²) in [6.07, 6.45) is 5.29. The van der Waals surface area contributed by atoms with E-state index >= 15 is 0 Å². The van der Waals surface area contributed by atoms with Crippen LogP contribution in [0.2, 0.25) is 0 Å². The normalized spacial score (nSPS) is 20.5. The number of hydrogen-bond donors (Lipinski definition) is 1. The molecule has 26 heavy (non-hydrogen) atoms. The summed E-state index contributed by atoms with van der Waals surface area (Å²) in [5.41, 5.74) is 11.4. The van der Waals surface area contributed by atoms with Crippen molar-refractivity contribution in [3.63, 3.8) is 0 Å². The number of rotatable bonds is 7. The van der Waals surface area contributed by atoms with Crippen molar-refractivity contribution in [2.45, 2.75) is 52.6 Å². The third-order valence-corrected chi connectivity index (χ3v) is 5.87. The Labute approximate surface area is 159 Å². The molecule has 2 heteroatoms. The molecule has 0 radical (unpaired) electrons. The van der Waals surface area contributed by atoms with Crippen LogP contribution < -0.4 is 5.73 Å². The first-order chi connectivity index (χ1) is 12.6. The fraction of sp³-hybridized carbons (Fsp3) is 0.500. The molecular weight excluding hydrogens is 316 g/mol. The molecule has 0 heterocycles. The van der Waals surface area contributed by atoms with Gasteiger partial charge in [0.05, 0.1) is 0 Å². The first kappa shape index (κ1) is 19.1. The lowest BCUT2D eigenvalue weighted by Gasteiger charge is -2.32. The van der Waals surface area contributed by atoms with Crippen molar-refractivity contribution < 1.29 is 0 Å². The Morgan fingerprint density at radius 2 is 1.15 bits per heavy atom. The van der Waals surface area contributed by atoms with Gasteiger partial charge in [0.15, 0.2) is 0 Å². The van der Waals surface area contributed by atoms with E-state index in [1.54, 1.807) is 0 Å². The summed E-state index contributed by atoms with van der Waals surface area (Å²) < 4.78 is 0. The molecule has 2 aromatic rings. The van der Waals surface area contributed by atoms with E-state index in [1.165, 1.54) is 54.5 Å². The maximum atomic E-state index is 5.87. The highest BCUT2D eigenvalue weighted by Gasteiger charge is 2.22. The van der Waals surface area contributed by atoms with E-state index in [-0.39, 0.29) is 0 Å². The average Bonchev–Trinajstić information content (AvgIpc) is 2.66. The van der Waals surface area contributed by atoms with Gasteiger partial charge >= 0.3 is 0 Å². The highest BCUT2D eigenvalue weighted by Crippen LogP contribution is 2.29. The Morgan fingerprint density at radius 3 is 1.58 bits per heavy atom. The molecule has 3 rings (SSSR count). The van der Waals surface area contributed by atoms with Gasteiger partial charge in [-0.05, 0) is 69.0 Å². The second-order valence-electron chi connectivity index (χ2n) is 8.26. The van der Waals surface area contributed by atoms with Crippen molar-refractivity contribution >= 4 is 0 Å². The molecule has 2 aromatic carbocycles. The number of hydrogen-bond acceptors (Lipinski definition) is 2. The Morgan fingerprint density at radius 1 is 0.731 bits per heavy atom. The molecule has 0 aromatic heterocycles.